The summed E-state index contributed by atoms with van der Waals surface area (Å²) in [5.74, 6) is 1.72. The van der Waals surface area contributed by atoms with E-state index < -0.39 is 0 Å². The number of hydrogen-bond donors (Lipinski definition) is 1. The lowest BCUT2D eigenvalue weighted by Crippen LogP contribution is -2.67. The van der Waals surface area contributed by atoms with Gasteiger partial charge in [-0.15, -0.1) is 0 Å². The number of methoxy groups -OCH3 is 1. The van der Waals surface area contributed by atoms with Gasteiger partial charge in [0.25, 0.3) is 0 Å². The van der Waals surface area contributed by atoms with Crippen LogP contribution in [-0.2, 0) is 4.74 Å². The van der Waals surface area contributed by atoms with Gasteiger partial charge in [0.15, 0.2) is 0 Å². The summed E-state index contributed by atoms with van der Waals surface area (Å²) in [5.41, 5.74) is 0.290. The van der Waals surface area contributed by atoms with Crippen LogP contribution in [0.5, 0.6) is 0 Å². The molecular formula is C18H34N2O. The fourth-order valence-corrected chi connectivity index (χ4v) is 4.97. The quantitative estimate of drug-likeness (QED) is 0.863. The topological polar surface area (TPSA) is 24.5 Å². The first-order valence-electron chi connectivity index (χ1n) is 8.96. The van der Waals surface area contributed by atoms with E-state index in [1.54, 1.807) is 0 Å². The number of nitrogens with zero attached hydrogens (tertiary/aromatic N) is 1. The predicted molar refractivity (Wildman–Crippen MR) is 87.4 cm³/mol. The summed E-state index contributed by atoms with van der Waals surface area (Å²) in [5, 5.41) is 4.06. The number of hydrogen-bond acceptors (Lipinski definition) is 3. The Morgan fingerprint density at radius 1 is 1.14 bits per heavy atom. The molecule has 2 aliphatic carbocycles. The maximum Gasteiger partial charge on any atom is 0.0652 e. The van der Waals surface area contributed by atoms with E-state index in [9.17, 15) is 0 Å². The van der Waals surface area contributed by atoms with Crippen molar-refractivity contribution >= 4 is 0 Å². The van der Waals surface area contributed by atoms with Crippen LogP contribution in [0.3, 0.4) is 0 Å². The highest BCUT2D eigenvalue weighted by Crippen LogP contribution is 2.44. The summed E-state index contributed by atoms with van der Waals surface area (Å²) in [7, 11) is 1.86. The first kappa shape index (κ1) is 15.8. The number of likely N-dealkylation sites (tertiary alicyclic amines) is 1. The Morgan fingerprint density at radius 2 is 1.76 bits per heavy atom. The monoisotopic (exact) mass is 294 g/mol. The van der Waals surface area contributed by atoms with Crippen molar-refractivity contribution in [3.63, 3.8) is 0 Å². The maximum atomic E-state index is 5.62. The minimum Gasteiger partial charge on any atom is -0.381 e. The van der Waals surface area contributed by atoms with Gasteiger partial charge in [-0.1, -0.05) is 20.3 Å². The number of ether oxygens (including phenoxy) is 1. The zero-order valence-electron chi connectivity index (χ0n) is 14.6. The fraction of sp³-hybridized carbons (Fsp3) is 1.00. The molecule has 3 nitrogen and oxygen atoms in total. The van der Waals surface area contributed by atoms with Crippen molar-refractivity contribution in [1.29, 1.82) is 0 Å². The van der Waals surface area contributed by atoms with Gasteiger partial charge in [0, 0.05) is 43.7 Å². The van der Waals surface area contributed by atoms with Gasteiger partial charge in [0.05, 0.1) is 6.10 Å². The molecule has 1 saturated heterocycles. The molecule has 1 N–H and O–H groups in total. The first-order chi connectivity index (χ1) is 9.93. The third-order valence-corrected chi connectivity index (χ3v) is 6.69. The van der Waals surface area contributed by atoms with Gasteiger partial charge < -0.3 is 15.0 Å². The number of rotatable bonds is 4. The smallest absolute Gasteiger partial charge is 0.0652 e. The van der Waals surface area contributed by atoms with Gasteiger partial charge in [0.2, 0.25) is 0 Å². The minimum absolute atomic E-state index is 0.290. The van der Waals surface area contributed by atoms with Crippen LogP contribution in [0, 0.1) is 17.3 Å². The van der Waals surface area contributed by atoms with E-state index in [2.05, 4.69) is 37.9 Å². The highest BCUT2D eigenvalue weighted by atomic mass is 16.5. The second kappa shape index (κ2) is 5.82. The fourth-order valence-electron chi connectivity index (χ4n) is 4.97. The van der Waals surface area contributed by atoms with E-state index in [0.29, 0.717) is 18.2 Å². The SMILES string of the molecule is COC1CC(NC2C3CCCC2CN(C(C)C)C3)C1(C)C. The number of piperidine rings is 1. The molecule has 21 heavy (non-hydrogen) atoms. The van der Waals surface area contributed by atoms with Gasteiger partial charge in [-0.3, -0.25) is 0 Å². The van der Waals surface area contributed by atoms with Crippen LogP contribution in [-0.4, -0.2) is 49.3 Å². The average Bonchev–Trinajstić information content (AvgIpc) is 2.41. The van der Waals surface area contributed by atoms with Gasteiger partial charge in [0.1, 0.15) is 0 Å². The number of nitrogens with one attached hydrogen (secondary N) is 1. The molecule has 0 aromatic rings. The second-order valence-corrected chi connectivity index (χ2v) is 8.53. The highest BCUT2D eigenvalue weighted by Gasteiger charge is 2.51. The summed E-state index contributed by atoms with van der Waals surface area (Å²) < 4.78 is 5.62. The molecule has 4 atom stereocenters. The molecule has 3 heteroatoms. The van der Waals surface area contributed by atoms with Crippen LogP contribution in [0.25, 0.3) is 0 Å². The molecule has 3 rings (SSSR count). The Balaban J connectivity index is 1.64. The molecule has 0 amide bonds. The Hall–Kier alpha value is -0.120. The van der Waals surface area contributed by atoms with Crippen molar-refractivity contribution in [3.8, 4) is 0 Å². The van der Waals surface area contributed by atoms with E-state index >= 15 is 0 Å². The average molecular weight is 294 g/mol. The van der Waals surface area contributed by atoms with Crippen molar-refractivity contribution in [3.05, 3.63) is 0 Å². The molecule has 122 valence electrons. The van der Waals surface area contributed by atoms with Crippen LogP contribution in [0.2, 0.25) is 0 Å². The van der Waals surface area contributed by atoms with E-state index in [1.165, 1.54) is 38.8 Å². The molecule has 0 spiro atoms. The van der Waals surface area contributed by atoms with Crippen LogP contribution >= 0.6 is 0 Å². The zero-order chi connectivity index (χ0) is 15.2. The Kier molecular flexibility index (Phi) is 4.37. The number of fused-ring (bicyclic) bond motifs is 2. The van der Waals surface area contributed by atoms with E-state index in [-0.39, 0.29) is 5.41 Å². The van der Waals surface area contributed by atoms with Gasteiger partial charge in [-0.2, -0.15) is 0 Å². The van der Waals surface area contributed by atoms with E-state index in [4.69, 9.17) is 4.74 Å². The molecule has 1 aliphatic heterocycles. The second-order valence-electron chi connectivity index (χ2n) is 8.53. The molecule has 0 aromatic carbocycles. The summed E-state index contributed by atoms with van der Waals surface area (Å²) in [6.45, 7) is 12.0. The van der Waals surface area contributed by atoms with Crippen LogP contribution in [0.4, 0.5) is 0 Å². The van der Waals surface area contributed by atoms with Crippen LogP contribution in [0.15, 0.2) is 0 Å². The molecule has 0 aromatic heterocycles. The van der Waals surface area contributed by atoms with Crippen molar-refractivity contribution in [2.45, 2.75) is 77.6 Å². The standard InChI is InChI=1S/C18H34N2O/c1-12(2)20-10-13-7-6-8-14(11-20)17(13)19-15-9-16(21-5)18(15,3)4/h12-17,19H,6-11H2,1-5H3. The zero-order valence-corrected chi connectivity index (χ0v) is 14.6. The summed E-state index contributed by atoms with van der Waals surface area (Å²) in [6.07, 6.45) is 5.89. The van der Waals surface area contributed by atoms with Crippen LogP contribution in [0.1, 0.15) is 53.4 Å². The lowest BCUT2D eigenvalue weighted by atomic mass is 9.63. The molecule has 3 aliphatic rings. The van der Waals surface area contributed by atoms with Gasteiger partial charge in [-0.05, 0) is 44.9 Å². The molecule has 1 heterocycles. The summed E-state index contributed by atoms with van der Waals surface area (Å²) in [6, 6.07) is 2.09. The first-order valence-corrected chi connectivity index (χ1v) is 8.96. The Morgan fingerprint density at radius 3 is 2.24 bits per heavy atom. The van der Waals surface area contributed by atoms with Crippen molar-refractivity contribution < 1.29 is 4.74 Å². The Labute approximate surface area is 130 Å². The predicted octanol–water partition coefficient (Wildman–Crippen LogP) is 2.90. The van der Waals surface area contributed by atoms with Crippen LogP contribution < -0.4 is 5.32 Å². The summed E-state index contributed by atoms with van der Waals surface area (Å²) in [4.78, 5) is 2.70. The normalized spacial score (nSPS) is 42.9. The lowest BCUT2D eigenvalue weighted by molar-refractivity contribution is -0.109. The molecule has 4 unspecified atom stereocenters. The molecule has 3 fully saturated rings. The van der Waals surface area contributed by atoms with Gasteiger partial charge in [-0.25, -0.2) is 0 Å². The molecule has 0 radical (unpaired) electrons. The largest absolute Gasteiger partial charge is 0.381 e. The lowest BCUT2D eigenvalue weighted by Gasteiger charge is -2.56. The van der Waals surface area contributed by atoms with Crippen molar-refractivity contribution in [2.75, 3.05) is 20.2 Å². The van der Waals surface area contributed by atoms with Gasteiger partial charge >= 0.3 is 0 Å². The van der Waals surface area contributed by atoms with Crippen molar-refractivity contribution in [2.24, 2.45) is 17.3 Å². The van der Waals surface area contributed by atoms with E-state index in [0.717, 1.165) is 17.9 Å². The highest BCUT2D eigenvalue weighted by molar-refractivity contribution is 5.06. The summed E-state index contributed by atoms with van der Waals surface area (Å²) >= 11 is 0. The van der Waals surface area contributed by atoms with Crippen molar-refractivity contribution in [1.82, 2.24) is 10.2 Å². The maximum absolute atomic E-state index is 5.62. The third-order valence-electron chi connectivity index (χ3n) is 6.69. The molecular weight excluding hydrogens is 260 g/mol. The molecule has 2 saturated carbocycles. The minimum atomic E-state index is 0.290. The van der Waals surface area contributed by atoms with E-state index in [1.807, 2.05) is 7.11 Å². The molecule has 2 bridgehead atoms. The Bertz CT molecular complexity index is 354. The third kappa shape index (κ3) is 2.77.